The van der Waals surface area contributed by atoms with Crippen LogP contribution in [-0.2, 0) is 0 Å². The zero-order valence-electron chi connectivity index (χ0n) is 8.79. The van der Waals surface area contributed by atoms with Crippen molar-refractivity contribution in [1.29, 1.82) is 0 Å². The molecule has 3 rings (SSSR count). The van der Waals surface area contributed by atoms with E-state index in [0.29, 0.717) is 10.5 Å². The molecular formula is C12H12BrFN2. The maximum atomic E-state index is 13.5. The molecule has 0 spiro atoms. The number of hydrogen-bond donors (Lipinski definition) is 0. The lowest BCUT2D eigenvalue weighted by Crippen LogP contribution is -2.02. The Hall–Kier alpha value is -0.900. The molecule has 16 heavy (non-hydrogen) atoms. The van der Waals surface area contributed by atoms with Crippen LogP contribution in [-0.4, -0.2) is 9.55 Å². The van der Waals surface area contributed by atoms with E-state index in [0.717, 1.165) is 11.0 Å². The first-order valence-corrected chi connectivity index (χ1v) is 6.36. The maximum Gasteiger partial charge on any atom is 0.139 e. The second kappa shape index (κ2) is 3.84. The fourth-order valence-corrected chi connectivity index (χ4v) is 2.83. The summed E-state index contributed by atoms with van der Waals surface area (Å²) in [5.41, 5.74) is 1.77. The molecule has 1 fully saturated rings. The molecule has 1 aliphatic carbocycles. The number of imidazole rings is 1. The van der Waals surface area contributed by atoms with Crippen LogP contribution in [0.3, 0.4) is 0 Å². The number of aromatic nitrogens is 2. The summed E-state index contributed by atoms with van der Waals surface area (Å²) < 4.78 is 16.1. The highest BCUT2D eigenvalue weighted by Crippen LogP contribution is 2.33. The second-order valence-corrected chi connectivity index (χ2v) is 5.20. The van der Waals surface area contributed by atoms with Crippen LogP contribution in [0.15, 0.2) is 22.9 Å². The van der Waals surface area contributed by atoms with Gasteiger partial charge in [-0.2, -0.15) is 0 Å². The third-order valence-corrected chi connectivity index (χ3v) is 3.94. The van der Waals surface area contributed by atoms with Gasteiger partial charge in [0, 0.05) is 12.1 Å². The highest BCUT2D eigenvalue weighted by atomic mass is 79.9. The Bertz CT molecular complexity index is 529. The molecule has 84 valence electrons. The minimum Gasteiger partial charge on any atom is -0.327 e. The first kappa shape index (κ1) is 10.3. The average Bonchev–Trinajstić information content (AvgIpc) is 2.87. The van der Waals surface area contributed by atoms with Gasteiger partial charge in [0.15, 0.2) is 0 Å². The molecule has 0 saturated heterocycles. The van der Waals surface area contributed by atoms with Crippen molar-refractivity contribution in [3.8, 4) is 0 Å². The van der Waals surface area contributed by atoms with Crippen molar-refractivity contribution in [1.82, 2.24) is 9.55 Å². The van der Waals surface area contributed by atoms with Gasteiger partial charge in [-0.15, -0.1) is 0 Å². The quantitative estimate of drug-likeness (QED) is 0.772. The Morgan fingerprint density at radius 3 is 2.81 bits per heavy atom. The lowest BCUT2D eigenvalue weighted by atomic mass is 10.2. The third kappa shape index (κ3) is 1.56. The SMILES string of the molecule is Fc1cc2c(cc1Br)ncn2C1CCCC1. The molecule has 1 aromatic heterocycles. The zero-order valence-corrected chi connectivity index (χ0v) is 10.4. The van der Waals surface area contributed by atoms with Gasteiger partial charge in [0.25, 0.3) is 0 Å². The van der Waals surface area contributed by atoms with E-state index in [-0.39, 0.29) is 5.82 Å². The van der Waals surface area contributed by atoms with Gasteiger partial charge in [-0.25, -0.2) is 9.37 Å². The summed E-state index contributed by atoms with van der Waals surface area (Å²) in [7, 11) is 0. The van der Waals surface area contributed by atoms with Crippen molar-refractivity contribution in [2.24, 2.45) is 0 Å². The van der Waals surface area contributed by atoms with Gasteiger partial charge >= 0.3 is 0 Å². The van der Waals surface area contributed by atoms with E-state index in [4.69, 9.17) is 0 Å². The first-order valence-electron chi connectivity index (χ1n) is 5.57. The van der Waals surface area contributed by atoms with Crippen LogP contribution in [0.1, 0.15) is 31.7 Å². The van der Waals surface area contributed by atoms with E-state index >= 15 is 0 Å². The van der Waals surface area contributed by atoms with Crippen LogP contribution in [0.4, 0.5) is 4.39 Å². The van der Waals surface area contributed by atoms with Crippen molar-refractivity contribution < 1.29 is 4.39 Å². The molecule has 4 heteroatoms. The molecule has 0 atom stereocenters. The lowest BCUT2D eigenvalue weighted by Gasteiger charge is -2.12. The predicted molar refractivity (Wildman–Crippen MR) is 64.9 cm³/mol. The van der Waals surface area contributed by atoms with E-state index in [2.05, 4.69) is 25.5 Å². The number of halogens is 2. The van der Waals surface area contributed by atoms with Gasteiger partial charge < -0.3 is 4.57 Å². The molecule has 2 aromatic rings. The number of benzene rings is 1. The molecule has 0 N–H and O–H groups in total. The fraction of sp³-hybridized carbons (Fsp3) is 0.417. The number of fused-ring (bicyclic) bond motifs is 1. The minimum absolute atomic E-state index is 0.216. The molecule has 0 aliphatic heterocycles. The summed E-state index contributed by atoms with van der Waals surface area (Å²) in [6, 6.07) is 3.83. The average molecular weight is 283 g/mol. The smallest absolute Gasteiger partial charge is 0.139 e. The molecule has 2 nitrogen and oxygen atoms in total. The van der Waals surface area contributed by atoms with Gasteiger partial charge in [0.05, 0.1) is 21.8 Å². The second-order valence-electron chi connectivity index (χ2n) is 4.35. The molecule has 0 amide bonds. The van der Waals surface area contributed by atoms with Gasteiger partial charge in [0.2, 0.25) is 0 Å². The Morgan fingerprint density at radius 1 is 1.31 bits per heavy atom. The number of nitrogens with zero attached hydrogens (tertiary/aromatic N) is 2. The van der Waals surface area contributed by atoms with Gasteiger partial charge in [0.1, 0.15) is 5.82 Å². The summed E-state index contributed by atoms with van der Waals surface area (Å²) in [5, 5.41) is 0. The molecule has 1 aromatic carbocycles. The van der Waals surface area contributed by atoms with Crippen LogP contribution < -0.4 is 0 Å². The molecule has 0 unspecified atom stereocenters. The minimum atomic E-state index is -0.216. The summed E-state index contributed by atoms with van der Waals surface area (Å²) in [6.45, 7) is 0. The van der Waals surface area contributed by atoms with Crippen LogP contribution >= 0.6 is 15.9 Å². The van der Waals surface area contributed by atoms with Gasteiger partial charge in [-0.1, -0.05) is 12.8 Å². The van der Waals surface area contributed by atoms with Crippen molar-refractivity contribution in [2.75, 3.05) is 0 Å². The van der Waals surface area contributed by atoms with Crippen molar-refractivity contribution in [3.63, 3.8) is 0 Å². The van der Waals surface area contributed by atoms with E-state index in [1.54, 1.807) is 12.1 Å². The molecule has 1 heterocycles. The number of rotatable bonds is 1. The van der Waals surface area contributed by atoms with Gasteiger partial charge in [-0.3, -0.25) is 0 Å². The van der Waals surface area contributed by atoms with Crippen LogP contribution in [0.5, 0.6) is 0 Å². The summed E-state index contributed by atoms with van der Waals surface area (Å²) in [6.07, 6.45) is 6.74. The predicted octanol–water partition coefficient (Wildman–Crippen LogP) is 4.05. The Kier molecular flexibility index (Phi) is 2.46. The van der Waals surface area contributed by atoms with E-state index < -0.39 is 0 Å². The van der Waals surface area contributed by atoms with Crippen LogP contribution in [0.2, 0.25) is 0 Å². The summed E-state index contributed by atoms with van der Waals surface area (Å²) in [4.78, 5) is 4.33. The fourth-order valence-electron chi connectivity index (χ4n) is 2.50. The van der Waals surface area contributed by atoms with Crippen molar-refractivity contribution in [3.05, 3.63) is 28.7 Å². The van der Waals surface area contributed by atoms with Crippen molar-refractivity contribution >= 4 is 27.0 Å². The Morgan fingerprint density at radius 2 is 2.06 bits per heavy atom. The highest BCUT2D eigenvalue weighted by Gasteiger charge is 2.19. The highest BCUT2D eigenvalue weighted by molar-refractivity contribution is 9.10. The first-order chi connectivity index (χ1) is 7.75. The third-order valence-electron chi connectivity index (χ3n) is 3.33. The van der Waals surface area contributed by atoms with Gasteiger partial charge in [-0.05, 0) is 34.8 Å². The normalized spacial score (nSPS) is 17.4. The Balaban J connectivity index is 2.15. The largest absolute Gasteiger partial charge is 0.327 e. The Labute approximate surface area is 102 Å². The van der Waals surface area contributed by atoms with Crippen LogP contribution in [0.25, 0.3) is 11.0 Å². The molecule has 0 bridgehead atoms. The van der Waals surface area contributed by atoms with E-state index in [1.165, 1.54) is 25.7 Å². The monoisotopic (exact) mass is 282 g/mol. The molecular weight excluding hydrogens is 271 g/mol. The topological polar surface area (TPSA) is 17.8 Å². The number of hydrogen-bond acceptors (Lipinski definition) is 1. The molecule has 0 radical (unpaired) electrons. The molecule has 1 aliphatic rings. The summed E-state index contributed by atoms with van der Waals surface area (Å²) in [5.74, 6) is -0.216. The van der Waals surface area contributed by atoms with Crippen molar-refractivity contribution in [2.45, 2.75) is 31.7 Å². The maximum absolute atomic E-state index is 13.5. The van der Waals surface area contributed by atoms with E-state index in [1.807, 2.05) is 6.33 Å². The lowest BCUT2D eigenvalue weighted by molar-refractivity contribution is 0.530. The van der Waals surface area contributed by atoms with Crippen LogP contribution in [0, 0.1) is 5.82 Å². The zero-order chi connectivity index (χ0) is 11.1. The standard InChI is InChI=1S/C12H12BrFN2/c13-9-5-11-12(6-10(9)14)16(7-15-11)8-3-1-2-4-8/h5-8H,1-4H2. The molecule has 1 saturated carbocycles. The van der Waals surface area contributed by atoms with E-state index in [9.17, 15) is 4.39 Å². The summed E-state index contributed by atoms with van der Waals surface area (Å²) >= 11 is 3.18.